The Labute approximate surface area is 152 Å². The number of benzene rings is 1. The molecule has 1 heterocycles. The van der Waals surface area contributed by atoms with Crippen molar-refractivity contribution in [2.24, 2.45) is 0 Å². The fraction of sp³-hybridized carbons (Fsp3) is 0.471. The van der Waals surface area contributed by atoms with Crippen molar-refractivity contribution in [2.75, 3.05) is 12.4 Å². The minimum atomic E-state index is -3.44. The van der Waals surface area contributed by atoms with Crippen LogP contribution in [0.25, 0.3) is 0 Å². The van der Waals surface area contributed by atoms with E-state index >= 15 is 0 Å². The molecule has 1 aromatic carbocycles. The van der Waals surface area contributed by atoms with E-state index in [0.717, 1.165) is 5.56 Å². The molecule has 0 saturated heterocycles. The molecule has 1 amide bonds. The van der Waals surface area contributed by atoms with Gasteiger partial charge in [0.2, 0.25) is 15.9 Å². The quantitative estimate of drug-likeness (QED) is 0.563. The molecule has 0 saturated carbocycles. The van der Waals surface area contributed by atoms with Gasteiger partial charge in [-0.05, 0) is 24.6 Å². The first kappa shape index (κ1) is 20.5. The number of carbonyl (C=O) groups is 1. The number of nitrogens with one attached hydrogen (secondary N) is 2. The van der Waals surface area contributed by atoms with Crippen LogP contribution in [0.2, 0.25) is 0 Å². The molecule has 0 aromatic heterocycles. The Bertz CT molecular complexity index is 736. The summed E-state index contributed by atoms with van der Waals surface area (Å²) in [5.41, 5.74) is 0.766. The van der Waals surface area contributed by atoms with E-state index in [1.165, 1.54) is 19.1 Å². The van der Waals surface area contributed by atoms with E-state index in [1.54, 1.807) is 24.3 Å². The van der Waals surface area contributed by atoms with Crippen molar-refractivity contribution in [3.05, 3.63) is 47.8 Å². The number of hydrogen-bond donors (Lipinski definition) is 3. The summed E-state index contributed by atoms with van der Waals surface area (Å²) in [5, 5.41) is 12.1. The Morgan fingerprint density at radius 2 is 1.96 bits per heavy atom. The average Bonchev–Trinajstić information content (AvgIpc) is 2.62. The van der Waals surface area contributed by atoms with Crippen molar-refractivity contribution in [3.63, 3.8) is 0 Å². The van der Waals surface area contributed by atoms with E-state index in [9.17, 15) is 22.7 Å². The number of amides is 1. The number of aliphatic hydroxyl groups excluding tert-OH is 1. The summed E-state index contributed by atoms with van der Waals surface area (Å²) in [6.07, 6.45) is 1.89. The van der Waals surface area contributed by atoms with Gasteiger partial charge in [-0.3, -0.25) is 4.79 Å². The molecule has 0 fully saturated rings. The highest BCUT2D eigenvalue weighted by molar-refractivity contribution is 7.89. The predicted octanol–water partition coefficient (Wildman–Crippen LogP) is 0.456. The van der Waals surface area contributed by atoms with Crippen LogP contribution in [0.5, 0.6) is 0 Å². The smallest absolute Gasteiger partial charge is 0.223 e. The van der Waals surface area contributed by atoms with Crippen molar-refractivity contribution in [2.45, 2.75) is 38.1 Å². The molecule has 2 rings (SSSR count). The summed E-state index contributed by atoms with van der Waals surface area (Å²) in [6, 6.07) is 5.12. The number of rotatable bonds is 8. The van der Waals surface area contributed by atoms with E-state index in [1.807, 2.05) is 0 Å². The molecule has 0 unspecified atom stereocenters. The molecule has 1 aliphatic rings. The highest BCUT2D eigenvalue weighted by Crippen LogP contribution is 2.16. The van der Waals surface area contributed by atoms with Crippen molar-refractivity contribution in [3.8, 4) is 0 Å². The second-order valence-corrected chi connectivity index (χ2v) is 7.98. The zero-order valence-corrected chi connectivity index (χ0v) is 15.2. The van der Waals surface area contributed by atoms with Gasteiger partial charge in [0.15, 0.2) is 0 Å². The molecular formula is C17H23FN2O5S. The minimum absolute atomic E-state index is 0.0292. The van der Waals surface area contributed by atoms with Crippen LogP contribution >= 0.6 is 0 Å². The lowest BCUT2D eigenvalue weighted by Crippen LogP contribution is -2.49. The maximum absolute atomic E-state index is 12.8. The zero-order valence-electron chi connectivity index (χ0n) is 14.4. The van der Waals surface area contributed by atoms with Crippen molar-refractivity contribution < 1.29 is 27.4 Å². The molecule has 0 aliphatic carbocycles. The van der Waals surface area contributed by atoms with Crippen LogP contribution in [-0.2, 0) is 26.1 Å². The van der Waals surface area contributed by atoms with E-state index in [2.05, 4.69) is 10.0 Å². The van der Waals surface area contributed by atoms with Gasteiger partial charge < -0.3 is 15.2 Å². The van der Waals surface area contributed by atoms with Gasteiger partial charge in [0.1, 0.15) is 11.9 Å². The maximum atomic E-state index is 12.8. The minimum Gasteiger partial charge on any atom is -0.394 e. The summed E-state index contributed by atoms with van der Waals surface area (Å²) in [6.45, 7) is 1.39. The third-order valence-electron chi connectivity index (χ3n) is 3.95. The second-order valence-electron chi connectivity index (χ2n) is 5.93. The number of sulfonamides is 1. The van der Waals surface area contributed by atoms with E-state index in [0.29, 0.717) is 0 Å². The van der Waals surface area contributed by atoms with Gasteiger partial charge in [-0.25, -0.2) is 17.5 Å². The number of hydrogen-bond acceptors (Lipinski definition) is 5. The van der Waals surface area contributed by atoms with Gasteiger partial charge >= 0.3 is 0 Å². The number of aliphatic hydroxyl groups is 1. The highest BCUT2D eigenvalue weighted by Gasteiger charge is 2.30. The van der Waals surface area contributed by atoms with Crippen molar-refractivity contribution in [1.29, 1.82) is 0 Å². The third-order valence-corrected chi connectivity index (χ3v) is 5.34. The maximum Gasteiger partial charge on any atom is 0.223 e. The molecule has 26 heavy (non-hydrogen) atoms. The molecule has 0 spiro atoms. The van der Waals surface area contributed by atoms with Gasteiger partial charge in [0.05, 0.1) is 30.9 Å². The molecule has 0 radical (unpaired) electrons. The zero-order chi connectivity index (χ0) is 19.2. The lowest BCUT2D eigenvalue weighted by atomic mass is 10.1. The first-order chi connectivity index (χ1) is 12.3. The molecule has 1 aromatic rings. The van der Waals surface area contributed by atoms with Crippen LogP contribution in [0.4, 0.5) is 4.39 Å². The fourth-order valence-electron chi connectivity index (χ4n) is 2.46. The Morgan fingerprint density at radius 3 is 2.58 bits per heavy atom. The molecule has 0 bridgehead atoms. The Kier molecular flexibility index (Phi) is 7.27. The van der Waals surface area contributed by atoms with Crippen LogP contribution in [-0.4, -0.2) is 50.0 Å². The lowest BCUT2D eigenvalue weighted by molar-refractivity contribution is -0.125. The van der Waals surface area contributed by atoms with Crippen LogP contribution in [0.3, 0.4) is 0 Å². The molecule has 3 atom stereocenters. The second kappa shape index (κ2) is 9.22. The molecule has 144 valence electrons. The number of halogens is 1. The summed E-state index contributed by atoms with van der Waals surface area (Å²) in [5.74, 6) is -0.692. The summed E-state index contributed by atoms with van der Waals surface area (Å²) in [7, 11) is -3.44. The molecule has 1 aliphatic heterocycles. The topological polar surface area (TPSA) is 105 Å². The summed E-state index contributed by atoms with van der Waals surface area (Å²) < 4.78 is 44.2. The van der Waals surface area contributed by atoms with Crippen LogP contribution in [0.1, 0.15) is 18.9 Å². The predicted molar refractivity (Wildman–Crippen MR) is 94.1 cm³/mol. The molecule has 3 N–H and O–H groups in total. The van der Waals surface area contributed by atoms with E-state index in [-0.39, 0.29) is 37.0 Å². The molecular weight excluding hydrogens is 363 g/mol. The van der Waals surface area contributed by atoms with Crippen molar-refractivity contribution >= 4 is 15.9 Å². The third kappa shape index (κ3) is 6.17. The number of ether oxygens (including phenoxy) is 1. The molecule has 7 nitrogen and oxygen atoms in total. The van der Waals surface area contributed by atoms with Gasteiger partial charge in [-0.2, -0.15) is 0 Å². The Morgan fingerprint density at radius 1 is 1.27 bits per heavy atom. The van der Waals surface area contributed by atoms with Gasteiger partial charge in [0.25, 0.3) is 0 Å². The standard InChI is InChI=1S/C17H23FN2O5S/c1-2-26(23,24)20-15-8-7-14(25-16(15)11-21)9-17(22)19-10-12-3-5-13(18)6-4-12/h3-8,14-16,20-21H,2,9-11H2,1H3,(H,19,22)/t14-,15-,16-/m0/s1. The van der Waals surface area contributed by atoms with Crippen molar-refractivity contribution in [1.82, 2.24) is 10.0 Å². The summed E-state index contributed by atoms with van der Waals surface area (Å²) >= 11 is 0. The van der Waals surface area contributed by atoms with Gasteiger partial charge in [-0.15, -0.1) is 0 Å². The Balaban J connectivity index is 1.87. The van der Waals surface area contributed by atoms with Crippen LogP contribution in [0, 0.1) is 5.82 Å². The summed E-state index contributed by atoms with van der Waals surface area (Å²) in [4.78, 5) is 12.0. The number of carbonyl (C=O) groups excluding carboxylic acids is 1. The monoisotopic (exact) mass is 386 g/mol. The SMILES string of the molecule is CCS(=O)(=O)N[C@H]1C=C[C@@H](CC(=O)NCc2ccc(F)cc2)O[C@H]1CO. The fourth-order valence-corrected chi connectivity index (χ4v) is 3.27. The average molecular weight is 386 g/mol. The molecule has 9 heteroatoms. The Hall–Kier alpha value is -1.81. The first-order valence-electron chi connectivity index (χ1n) is 8.28. The van der Waals surface area contributed by atoms with Crippen LogP contribution in [0.15, 0.2) is 36.4 Å². The van der Waals surface area contributed by atoms with Gasteiger partial charge in [-0.1, -0.05) is 24.3 Å². The first-order valence-corrected chi connectivity index (χ1v) is 9.94. The normalized spacial score (nSPS) is 23.0. The lowest BCUT2D eigenvalue weighted by Gasteiger charge is -2.31. The van der Waals surface area contributed by atoms with E-state index in [4.69, 9.17) is 4.74 Å². The van der Waals surface area contributed by atoms with Crippen LogP contribution < -0.4 is 10.0 Å². The van der Waals surface area contributed by atoms with Gasteiger partial charge in [0, 0.05) is 6.54 Å². The largest absolute Gasteiger partial charge is 0.394 e. The highest BCUT2D eigenvalue weighted by atomic mass is 32.2. The van der Waals surface area contributed by atoms with E-state index < -0.39 is 28.3 Å².